The van der Waals surface area contributed by atoms with E-state index in [9.17, 15) is 4.79 Å². The highest BCUT2D eigenvalue weighted by atomic mass is 32.2. The van der Waals surface area contributed by atoms with E-state index in [1.165, 1.54) is 11.8 Å². The summed E-state index contributed by atoms with van der Waals surface area (Å²) in [6.45, 7) is 5.77. The minimum atomic E-state index is -0.402. The van der Waals surface area contributed by atoms with Crippen LogP contribution in [0.5, 0.6) is 5.75 Å². The SMILES string of the molecule is CCC(Sc1nnc(-c2ccccc2OC)n1-c1ccc(C)cc1)C(=O)Nc1cc(C)on1. The first-order valence-corrected chi connectivity index (χ1v) is 11.4. The summed E-state index contributed by atoms with van der Waals surface area (Å²) in [6.07, 6.45) is 0.595. The molecule has 0 aliphatic rings. The number of nitrogens with zero attached hydrogens (tertiary/aromatic N) is 4. The van der Waals surface area contributed by atoms with Gasteiger partial charge in [-0.1, -0.05) is 53.7 Å². The molecule has 1 amide bonds. The van der Waals surface area contributed by atoms with Crippen LogP contribution in [0.1, 0.15) is 24.7 Å². The zero-order valence-corrected chi connectivity index (χ0v) is 19.7. The Balaban J connectivity index is 1.72. The molecule has 4 aromatic rings. The third-order valence-electron chi connectivity index (χ3n) is 5.06. The summed E-state index contributed by atoms with van der Waals surface area (Å²) in [5, 5.41) is 15.8. The molecule has 0 fully saturated rings. The molecule has 1 unspecified atom stereocenters. The average molecular weight is 464 g/mol. The number of hydrogen-bond acceptors (Lipinski definition) is 7. The van der Waals surface area contributed by atoms with Gasteiger partial charge in [0, 0.05) is 11.8 Å². The Hall–Kier alpha value is -3.59. The number of rotatable bonds is 8. The Labute approximate surface area is 196 Å². The Kier molecular flexibility index (Phi) is 6.79. The van der Waals surface area contributed by atoms with Gasteiger partial charge in [-0.25, -0.2) is 0 Å². The van der Waals surface area contributed by atoms with E-state index < -0.39 is 5.25 Å². The number of aryl methyl sites for hydroxylation is 2. The molecule has 170 valence electrons. The van der Waals surface area contributed by atoms with Gasteiger partial charge in [0.25, 0.3) is 0 Å². The lowest BCUT2D eigenvalue weighted by atomic mass is 10.1. The van der Waals surface area contributed by atoms with Crippen LogP contribution in [0.15, 0.2) is 64.3 Å². The number of amides is 1. The van der Waals surface area contributed by atoms with E-state index in [0.29, 0.717) is 34.7 Å². The van der Waals surface area contributed by atoms with Crippen LogP contribution >= 0.6 is 11.8 Å². The molecule has 0 saturated heterocycles. The van der Waals surface area contributed by atoms with Gasteiger partial charge in [-0.3, -0.25) is 9.36 Å². The number of aromatic nitrogens is 4. The maximum Gasteiger partial charge on any atom is 0.239 e. The van der Waals surface area contributed by atoms with Gasteiger partial charge in [0.1, 0.15) is 11.5 Å². The standard InChI is InChI=1S/C24H25N5O3S/c1-5-20(23(30)25-21-14-16(3)32-28-21)33-24-27-26-22(18-8-6-7-9-19(18)31-4)29(24)17-12-10-15(2)11-13-17/h6-14,20H,5H2,1-4H3,(H,25,28,30). The zero-order chi connectivity index (χ0) is 23.4. The molecule has 9 heteroatoms. The van der Waals surface area contributed by atoms with Crippen LogP contribution in [-0.4, -0.2) is 38.2 Å². The molecule has 1 N–H and O–H groups in total. The molecule has 0 radical (unpaired) electrons. The largest absolute Gasteiger partial charge is 0.496 e. The molecule has 0 spiro atoms. The van der Waals surface area contributed by atoms with Crippen LogP contribution in [0.4, 0.5) is 5.82 Å². The van der Waals surface area contributed by atoms with Gasteiger partial charge in [0.05, 0.1) is 17.9 Å². The quantitative estimate of drug-likeness (QED) is 0.365. The minimum absolute atomic E-state index is 0.173. The number of anilines is 1. The first-order chi connectivity index (χ1) is 16.0. The second-order valence-electron chi connectivity index (χ2n) is 7.50. The predicted octanol–water partition coefficient (Wildman–Crippen LogP) is 5.06. The molecule has 0 aliphatic carbocycles. The molecule has 8 nitrogen and oxygen atoms in total. The Morgan fingerprint density at radius 1 is 1.15 bits per heavy atom. The van der Waals surface area contributed by atoms with Crippen molar-refractivity contribution >= 4 is 23.5 Å². The summed E-state index contributed by atoms with van der Waals surface area (Å²) in [4.78, 5) is 12.9. The molecule has 4 rings (SSSR count). The van der Waals surface area contributed by atoms with Crippen LogP contribution in [0, 0.1) is 13.8 Å². The van der Waals surface area contributed by atoms with Crippen LogP contribution in [0.3, 0.4) is 0 Å². The maximum atomic E-state index is 12.9. The van der Waals surface area contributed by atoms with Crippen molar-refractivity contribution in [2.24, 2.45) is 0 Å². The van der Waals surface area contributed by atoms with Gasteiger partial charge < -0.3 is 14.6 Å². The molecule has 2 heterocycles. The van der Waals surface area contributed by atoms with Gasteiger partial charge in [0.2, 0.25) is 5.91 Å². The van der Waals surface area contributed by atoms with Crippen molar-refractivity contribution in [3.05, 3.63) is 65.9 Å². The smallest absolute Gasteiger partial charge is 0.239 e. The van der Waals surface area contributed by atoms with Gasteiger partial charge >= 0.3 is 0 Å². The van der Waals surface area contributed by atoms with Gasteiger partial charge in [0.15, 0.2) is 16.8 Å². The van der Waals surface area contributed by atoms with Crippen LogP contribution < -0.4 is 10.1 Å². The van der Waals surface area contributed by atoms with Crippen LogP contribution in [0.25, 0.3) is 17.1 Å². The normalized spacial score (nSPS) is 11.9. The fraction of sp³-hybridized carbons (Fsp3) is 0.250. The first kappa shape index (κ1) is 22.6. The summed E-state index contributed by atoms with van der Waals surface area (Å²) >= 11 is 1.36. The van der Waals surface area contributed by atoms with Crippen molar-refractivity contribution in [3.8, 4) is 22.8 Å². The lowest BCUT2D eigenvalue weighted by Gasteiger charge is -2.16. The highest BCUT2D eigenvalue weighted by molar-refractivity contribution is 8.00. The van der Waals surface area contributed by atoms with E-state index in [1.54, 1.807) is 20.1 Å². The molecule has 2 aromatic heterocycles. The molecule has 1 atom stereocenters. The van der Waals surface area contributed by atoms with Crippen molar-refractivity contribution in [2.45, 2.75) is 37.6 Å². The van der Waals surface area contributed by atoms with Gasteiger partial charge in [-0.2, -0.15) is 0 Å². The minimum Gasteiger partial charge on any atom is -0.496 e. The molecule has 0 saturated carbocycles. The Bertz CT molecular complexity index is 1250. The lowest BCUT2D eigenvalue weighted by Crippen LogP contribution is -2.25. The lowest BCUT2D eigenvalue weighted by molar-refractivity contribution is -0.115. The number of benzene rings is 2. The van der Waals surface area contributed by atoms with Crippen molar-refractivity contribution in [3.63, 3.8) is 0 Å². The number of nitrogens with one attached hydrogen (secondary N) is 1. The number of thioether (sulfide) groups is 1. The molecule has 0 aliphatic heterocycles. The molecular formula is C24H25N5O3S. The maximum absolute atomic E-state index is 12.9. The molecular weight excluding hydrogens is 438 g/mol. The predicted molar refractivity (Wildman–Crippen MR) is 128 cm³/mol. The van der Waals surface area contributed by atoms with E-state index in [4.69, 9.17) is 9.26 Å². The molecule has 0 bridgehead atoms. The highest BCUT2D eigenvalue weighted by Gasteiger charge is 2.25. The average Bonchev–Trinajstić information content (AvgIpc) is 3.43. The molecule has 33 heavy (non-hydrogen) atoms. The summed E-state index contributed by atoms with van der Waals surface area (Å²) in [6, 6.07) is 17.5. The van der Waals surface area contributed by atoms with Crippen LogP contribution in [0.2, 0.25) is 0 Å². The van der Waals surface area contributed by atoms with Gasteiger partial charge in [-0.15, -0.1) is 10.2 Å². The van der Waals surface area contributed by atoms with E-state index in [1.807, 2.05) is 66.9 Å². The number of ether oxygens (including phenoxy) is 1. The number of para-hydroxylation sites is 1. The third kappa shape index (κ3) is 4.93. The second-order valence-corrected chi connectivity index (χ2v) is 8.67. The summed E-state index contributed by atoms with van der Waals surface area (Å²) in [5.41, 5.74) is 2.86. The van der Waals surface area contributed by atoms with E-state index in [-0.39, 0.29) is 5.91 Å². The number of hydrogen-bond donors (Lipinski definition) is 1. The molecule has 2 aromatic carbocycles. The van der Waals surface area contributed by atoms with Crippen LogP contribution in [-0.2, 0) is 4.79 Å². The monoisotopic (exact) mass is 463 g/mol. The number of methoxy groups -OCH3 is 1. The number of carbonyl (C=O) groups is 1. The van der Waals surface area contributed by atoms with E-state index >= 15 is 0 Å². The fourth-order valence-corrected chi connectivity index (χ4v) is 4.33. The zero-order valence-electron chi connectivity index (χ0n) is 18.9. The number of carbonyl (C=O) groups excluding carboxylic acids is 1. The third-order valence-corrected chi connectivity index (χ3v) is 6.37. The highest BCUT2D eigenvalue weighted by Crippen LogP contribution is 2.35. The van der Waals surface area contributed by atoms with E-state index in [2.05, 4.69) is 20.7 Å². The summed E-state index contributed by atoms with van der Waals surface area (Å²) in [7, 11) is 1.63. The van der Waals surface area contributed by atoms with Crippen molar-refractivity contribution in [2.75, 3.05) is 12.4 Å². The van der Waals surface area contributed by atoms with Crippen molar-refractivity contribution in [1.82, 2.24) is 19.9 Å². The summed E-state index contributed by atoms with van der Waals surface area (Å²) in [5.74, 6) is 2.19. The second kappa shape index (κ2) is 9.91. The van der Waals surface area contributed by atoms with Gasteiger partial charge in [-0.05, 0) is 44.5 Å². The summed E-state index contributed by atoms with van der Waals surface area (Å²) < 4.78 is 12.6. The fourth-order valence-electron chi connectivity index (χ4n) is 3.36. The van der Waals surface area contributed by atoms with Crippen molar-refractivity contribution in [1.29, 1.82) is 0 Å². The topological polar surface area (TPSA) is 95.1 Å². The van der Waals surface area contributed by atoms with E-state index in [0.717, 1.165) is 16.8 Å². The van der Waals surface area contributed by atoms with Crippen molar-refractivity contribution < 1.29 is 14.1 Å². The Morgan fingerprint density at radius 2 is 1.91 bits per heavy atom. The Morgan fingerprint density at radius 3 is 2.58 bits per heavy atom. The first-order valence-electron chi connectivity index (χ1n) is 10.6.